The summed E-state index contributed by atoms with van der Waals surface area (Å²) in [6.07, 6.45) is 2.92. The van der Waals surface area contributed by atoms with E-state index in [-0.39, 0.29) is 16.3 Å². The van der Waals surface area contributed by atoms with E-state index < -0.39 is 10.0 Å². The molecule has 0 spiro atoms. The Morgan fingerprint density at radius 2 is 1.67 bits per heavy atom. The number of nitrogens with zero attached hydrogens (tertiary/aromatic N) is 1. The van der Waals surface area contributed by atoms with E-state index in [4.69, 9.17) is 12.2 Å². The highest BCUT2D eigenvalue weighted by molar-refractivity contribution is 7.89. The Hall–Kier alpha value is -1.97. The number of carbonyl (C=O) groups is 1. The molecule has 1 aromatic rings. The molecule has 7 nitrogen and oxygen atoms in total. The summed E-state index contributed by atoms with van der Waals surface area (Å²) in [4.78, 5) is 12.1. The molecule has 0 aliphatic carbocycles. The number of carbonyl (C=O) groups excluding carboxylic acids is 1. The first kappa shape index (κ1) is 23.1. The van der Waals surface area contributed by atoms with Gasteiger partial charge in [-0.15, -0.1) is 0 Å². The first-order chi connectivity index (χ1) is 12.5. The van der Waals surface area contributed by atoms with Crippen molar-refractivity contribution in [3.05, 3.63) is 35.9 Å². The average Bonchev–Trinajstić information content (AvgIpc) is 2.58. The highest BCUT2D eigenvalue weighted by Crippen LogP contribution is 2.16. The topological polar surface area (TPSA) is 90.5 Å². The molecule has 0 atom stereocenters. The maximum Gasteiger partial charge on any atom is 0.262 e. The minimum absolute atomic E-state index is 0.210. The molecule has 1 rings (SSSR count). The Bertz CT molecular complexity index is 778. The predicted molar refractivity (Wildman–Crippen MR) is 112 cm³/mol. The van der Waals surface area contributed by atoms with E-state index in [1.807, 2.05) is 20.8 Å². The molecule has 0 saturated carbocycles. The summed E-state index contributed by atoms with van der Waals surface area (Å²) in [6.45, 7) is 10.3. The number of hydrazine groups is 1. The summed E-state index contributed by atoms with van der Waals surface area (Å²) in [5, 5.41) is 3.32. The molecule has 0 aromatic heterocycles. The number of hydrogen-bond acceptors (Lipinski definition) is 4. The van der Waals surface area contributed by atoms with Gasteiger partial charge < -0.3 is 5.32 Å². The third-order valence-electron chi connectivity index (χ3n) is 3.44. The van der Waals surface area contributed by atoms with Crippen molar-refractivity contribution >= 4 is 39.3 Å². The third kappa shape index (κ3) is 7.66. The lowest BCUT2D eigenvalue weighted by molar-refractivity contribution is -0.117. The molecular formula is C18H28N4O3S2. The van der Waals surface area contributed by atoms with E-state index in [0.717, 1.165) is 0 Å². The van der Waals surface area contributed by atoms with Crippen LogP contribution in [-0.4, -0.2) is 42.4 Å². The van der Waals surface area contributed by atoms with Crippen molar-refractivity contribution in [3.63, 3.8) is 0 Å². The van der Waals surface area contributed by atoms with E-state index in [1.165, 1.54) is 22.5 Å². The van der Waals surface area contributed by atoms with Gasteiger partial charge in [-0.1, -0.05) is 26.0 Å². The highest BCUT2D eigenvalue weighted by atomic mass is 32.2. The van der Waals surface area contributed by atoms with Gasteiger partial charge in [0.1, 0.15) is 0 Å². The van der Waals surface area contributed by atoms with Crippen molar-refractivity contribution in [2.75, 3.05) is 13.1 Å². The second-order valence-corrected chi connectivity index (χ2v) is 9.16. The van der Waals surface area contributed by atoms with Crippen molar-refractivity contribution in [2.45, 2.75) is 45.1 Å². The fraction of sp³-hybridized carbons (Fsp3) is 0.444. The van der Waals surface area contributed by atoms with Gasteiger partial charge in [-0.2, -0.15) is 4.31 Å². The van der Waals surface area contributed by atoms with Gasteiger partial charge in [-0.25, -0.2) is 8.42 Å². The summed E-state index contributed by atoms with van der Waals surface area (Å²) in [6, 6.07) is 6.37. The molecule has 0 bridgehead atoms. The van der Waals surface area contributed by atoms with Crippen LogP contribution in [0.4, 0.5) is 0 Å². The first-order valence-corrected chi connectivity index (χ1v) is 10.5. The Morgan fingerprint density at radius 3 is 2.15 bits per heavy atom. The van der Waals surface area contributed by atoms with Crippen molar-refractivity contribution in [3.8, 4) is 0 Å². The molecule has 0 unspecified atom stereocenters. The fourth-order valence-electron chi connectivity index (χ4n) is 2.17. The van der Waals surface area contributed by atoms with Gasteiger partial charge in [0.15, 0.2) is 5.11 Å². The molecule has 3 N–H and O–H groups in total. The van der Waals surface area contributed by atoms with Gasteiger partial charge in [0.25, 0.3) is 5.91 Å². The molecule has 0 heterocycles. The normalized spacial score (nSPS) is 12.2. The summed E-state index contributed by atoms with van der Waals surface area (Å²) in [5.74, 6) is -0.382. The Balaban J connectivity index is 2.67. The van der Waals surface area contributed by atoms with Crippen LogP contribution < -0.4 is 16.2 Å². The second-order valence-electron chi connectivity index (χ2n) is 6.81. The van der Waals surface area contributed by atoms with Crippen LogP contribution in [0.1, 0.15) is 40.2 Å². The van der Waals surface area contributed by atoms with Crippen molar-refractivity contribution in [1.82, 2.24) is 20.5 Å². The molecule has 0 radical (unpaired) electrons. The van der Waals surface area contributed by atoms with Crippen LogP contribution in [0.25, 0.3) is 6.08 Å². The zero-order valence-corrected chi connectivity index (χ0v) is 18.0. The number of rotatable bonds is 6. The van der Waals surface area contributed by atoms with Gasteiger partial charge >= 0.3 is 0 Å². The maximum absolute atomic E-state index is 12.4. The van der Waals surface area contributed by atoms with Crippen molar-refractivity contribution in [1.29, 1.82) is 0 Å². The molecule has 0 fully saturated rings. The van der Waals surface area contributed by atoms with E-state index >= 15 is 0 Å². The van der Waals surface area contributed by atoms with Crippen molar-refractivity contribution < 1.29 is 13.2 Å². The molecule has 1 aromatic carbocycles. The van der Waals surface area contributed by atoms with Gasteiger partial charge in [0, 0.05) is 24.7 Å². The molecule has 9 heteroatoms. The van der Waals surface area contributed by atoms with Gasteiger partial charge in [0.05, 0.1) is 4.90 Å². The predicted octanol–water partition coefficient (Wildman–Crippen LogP) is 2.02. The van der Waals surface area contributed by atoms with Gasteiger partial charge in [-0.05, 0) is 56.8 Å². The van der Waals surface area contributed by atoms with Crippen LogP contribution in [0, 0.1) is 0 Å². The number of benzene rings is 1. The fourth-order valence-corrected chi connectivity index (χ4v) is 3.98. The largest absolute Gasteiger partial charge is 0.357 e. The smallest absolute Gasteiger partial charge is 0.262 e. The SMILES string of the molecule is CCN(CC)S(=O)(=O)c1ccc(/C=C/C(=O)NNC(=S)NC(C)(C)C)cc1. The number of amides is 1. The van der Waals surface area contributed by atoms with Crippen LogP contribution in [0.3, 0.4) is 0 Å². The van der Waals surface area contributed by atoms with E-state index in [9.17, 15) is 13.2 Å². The van der Waals surface area contributed by atoms with Crippen molar-refractivity contribution in [2.24, 2.45) is 0 Å². The van der Waals surface area contributed by atoms with Crippen LogP contribution in [-0.2, 0) is 14.8 Å². The lowest BCUT2D eigenvalue weighted by Crippen LogP contribution is -2.51. The minimum atomic E-state index is -3.48. The maximum atomic E-state index is 12.4. The summed E-state index contributed by atoms with van der Waals surface area (Å²) < 4.78 is 26.3. The Morgan fingerprint density at radius 1 is 1.11 bits per heavy atom. The van der Waals surface area contributed by atoms with E-state index in [1.54, 1.807) is 32.1 Å². The van der Waals surface area contributed by atoms with Crippen LogP contribution >= 0.6 is 12.2 Å². The molecule has 27 heavy (non-hydrogen) atoms. The van der Waals surface area contributed by atoms with Gasteiger partial charge in [0.2, 0.25) is 10.0 Å². The van der Waals surface area contributed by atoms with Crippen LogP contribution in [0.15, 0.2) is 35.2 Å². The molecular weight excluding hydrogens is 384 g/mol. The molecule has 0 saturated heterocycles. The monoisotopic (exact) mass is 412 g/mol. The Kier molecular flexibility index (Phi) is 8.39. The summed E-state index contributed by atoms with van der Waals surface area (Å²) in [7, 11) is -3.48. The zero-order chi connectivity index (χ0) is 20.7. The molecule has 0 aliphatic rings. The molecule has 0 aliphatic heterocycles. The number of hydrogen-bond donors (Lipinski definition) is 3. The van der Waals surface area contributed by atoms with Gasteiger partial charge in [-0.3, -0.25) is 15.6 Å². The highest BCUT2D eigenvalue weighted by Gasteiger charge is 2.20. The summed E-state index contributed by atoms with van der Waals surface area (Å²) in [5.41, 5.74) is 5.57. The lowest BCUT2D eigenvalue weighted by atomic mass is 10.1. The quantitative estimate of drug-likeness (QED) is 0.376. The first-order valence-electron chi connectivity index (χ1n) is 8.66. The standard InChI is InChI=1S/C18H28N4O3S2/c1-6-22(7-2)27(24,25)15-11-8-14(9-12-15)10-13-16(23)20-21-17(26)19-18(3,4)5/h8-13H,6-7H2,1-5H3,(H,20,23)(H2,19,21,26)/b13-10+. The van der Waals surface area contributed by atoms with E-state index in [0.29, 0.717) is 23.8 Å². The minimum Gasteiger partial charge on any atom is -0.357 e. The lowest BCUT2D eigenvalue weighted by Gasteiger charge is -2.22. The third-order valence-corrected chi connectivity index (χ3v) is 5.71. The zero-order valence-electron chi connectivity index (χ0n) is 16.4. The van der Waals surface area contributed by atoms with Crippen LogP contribution in [0.2, 0.25) is 0 Å². The number of nitrogens with one attached hydrogen (secondary N) is 3. The average molecular weight is 413 g/mol. The number of thiocarbonyl (C=S) groups is 1. The van der Waals surface area contributed by atoms with E-state index in [2.05, 4.69) is 16.2 Å². The second kappa shape index (κ2) is 9.82. The van der Waals surface area contributed by atoms with Crippen LogP contribution in [0.5, 0.6) is 0 Å². The number of sulfonamides is 1. The Labute approximate surface area is 167 Å². The summed E-state index contributed by atoms with van der Waals surface area (Å²) >= 11 is 5.07. The molecule has 1 amide bonds. The molecule has 150 valence electrons.